The number of fused-ring (bicyclic) bond motifs is 1. The Bertz CT molecular complexity index is 1330. The molecule has 1 heterocycles. The molecular formula is C29H30O3S. The number of allylic oxidation sites excluding steroid dienone is 9. The van der Waals surface area contributed by atoms with Gasteiger partial charge in [-0.15, -0.1) is 0 Å². The molecule has 1 aliphatic heterocycles. The van der Waals surface area contributed by atoms with Crippen molar-refractivity contribution in [3.8, 4) is 0 Å². The van der Waals surface area contributed by atoms with E-state index in [-0.39, 0.29) is 21.0 Å². The van der Waals surface area contributed by atoms with Gasteiger partial charge in [0.2, 0.25) is 9.84 Å². The van der Waals surface area contributed by atoms with Gasteiger partial charge in [0.25, 0.3) is 0 Å². The van der Waals surface area contributed by atoms with Gasteiger partial charge in [0.15, 0.2) is 0 Å². The SMILES string of the molecule is C=C(/C=C(\C=C/C)/C=C/C=C/C1=C(O)c2ccccc2S1(=O)=O)C(C)(C)c1ccccc1C. The van der Waals surface area contributed by atoms with E-state index >= 15 is 0 Å². The smallest absolute Gasteiger partial charge is 0.210 e. The van der Waals surface area contributed by atoms with Crippen LogP contribution >= 0.6 is 0 Å². The van der Waals surface area contributed by atoms with Crippen molar-refractivity contribution in [3.63, 3.8) is 0 Å². The van der Waals surface area contributed by atoms with E-state index in [9.17, 15) is 13.5 Å². The zero-order valence-corrected chi connectivity index (χ0v) is 20.4. The fraction of sp³-hybridized carbons (Fsp3) is 0.172. The molecule has 0 fully saturated rings. The van der Waals surface area contributed by atoms with Crippen molar-refractivity contribution >= 4 is 15.6 Å². The molecule has 3 rings (SSSR count). The van der Waals surface area contributed by atoms with Crippen molar-refractivity contribution in [3.05, 3.63) is 130 Å². The second kappa shape index (κ2) is 9.63. The quantitative estimate of drug-likeness (QED) is 0.448. The first-order valence-corrected chi connectivity index (χ1v) is 12.3. The monoisotopic (exact) mass is 458 g/mol. The number of aliphatic hydroxyl groups is 1. The molecule has 0 aromatic heterocycles. The minimum absolute atomic E-state index is 0.0880. The van der Waals surface area contributed by atoms with Crippen LogP contribution in [0.4, 0.5) is 0 Å². The molecule has 33 heavy (non-hydrogen) atoms. The highest BCUT2D eigenvalue weighted by molar-refractivity contribution is 7.96. The van der Waals surface area contributed by atoms with E-state index in [0.717, 1.165) is 11.1 Å². The van der Waals surface area contributed by atoms with Gasteiger partial charge in [-0.1, -0.05) is 93.3 Å². The molecule has 0 saturated heterocycles. The van der Waals surface area contributed by atoms with E-state index in [1.165, 1.54) is 23.3 Å². The molecule has 1 N–H and O–H groups in total. The van der Waals surface area contributed by atoms with Crippen LogP contribution in [-0.2, 0) is 15.3 Å². The van der Waals surface area contributed by atoms with Crippen LogP contribution in [-0.4, -0.2) is 13.5 Å². The number of hydrogen-bond donors (Lipinski definition) is 1. The summed E-state index contributed by atoms with van der Waals surface area (Å²) < 4.78 is 25.4. The third kappa shape index (κ3) is 4.86. The summed E-state index contributed by atoms with van der Waals surface area (Å²) in [6.45, 7) is 12.7. The van der Waals surface area contributed by atoms with E-state index in [0.29, 0.717) is 5.56 Å². The van der Waals surface area contributed by atoms with Gasteiger partial charge in [-0.25, -0.2) is 8.42 Å². The summed E-state index contributed by atoms with van der Waals surface area (Å²) in [6, 6.07) is 14.8. The molecule has 0 unspecified atom stereocenters. The van der Waals surface area contributed by atoms with E-state index in [1.54, 1.807) is 30.4 Å². The van der Waals surface area contributed by atoms with Gasteiger partial charge in [-0.05, 0) is 54.3 Å². The van der Waals surface area contributed by atoms with Gasteiger partial charge < -0.3 is 5.11 Å². The molecule has 2 aromatic rings. The van der Waals surface area contributed by atoms with E-state index in [1.807, 2.05) is 43.4 Å². The molecule has 0 spiro atoms. The maximum atomic E-state index is 12.7. The molecule has 2 aromatic carbocycles. The molecule has 0 aliphatic carbocycles. The van der Waals surface area contributed by atoms with Crippen LogP contribution in [0, 0.1) is 6.92 Å². The number of sulfone groups is 1. The molecule has 0 atom stereocenters. The number of aliphatic hydroxyl groups excluding tert-OH is 1. The van der Waals surface area contributed by atoms with Crippen molar-refractivity contribution in [1.29, 1.82) is 0 Å². The van der Waals surface area contributed by atoms with Gasteiger partial charge >= 0.3 is 0 Å². The molecule has 4 heteroatoms. The maximum Gasteiger partial charge on any atom is 0.210 e. The molecule has 0 amide bonds. The first-order valence-electron chi connectivity index (χ1n) is 10.8. The minimum atomic E-state index is -3.71. The van der Waals surface area contributed by atoms with Gasteiger partial charge in [0.05, 0.1) is 4.90 Å². The number of benzene rings is 2. The fourth-order valence-electron chi connectivity index (χ4n) is 3.93. The van der Waals surface area contributed by atoms with Crippen LogP contribution in [0.15, 0.2) is 119 Å². The molecular weight excluding hydrogens is 428 g/mol. The second-order valence-corrected chi connectivity index (χ2v) is 10.4. The van der Waals surface area contributed by atoms with Crippen LogP contribution in [0.2, 0.25) is 0 Å². The Kier molecular flexibility index (Phi) is 7.09. The summed E-state index contributed by atoms with van der Waals surface area (Å²) in [6.07, 6.45) is 12.7. The molecule has 170 valence electrons. The third-order valence-electron chi connectivity index (χ3n) is 5.92. The van der Waals surface area contributed by atoms with E-state index in [4.69, 9.17) is 0 Å². The molecule has 1 aliphatic rings. The van der Waals surface area contributed by atoms with Gasteiger partial charge in [-0.2, -0.15) is 0 Å². The average molecular weight is 459 g/mol. The summed E-state index contributed by atoms with van der Waals surface area (Å²) in [7, 11) is -3.71. The highest BCUT2D eigenvalue weighted by Crippen LogP contribution is 2.38. The lowest BCUT2D eigenvalue weighted by Gasteiger charge is -2.28. The van der Waals surface area contributed by atoms with Crippen LogP contribution in [0.3, 0.4) is 0 Å². The molecule has 0 radical (unpaired) electrons. The van der Waals surface area contributed by atoms with Gasteiger partial charge in [-0.3, -0.25) is 0 Å². The number of aryl methyl sites for hydroxylation is 1. The average Bonchev–Trinajstić information content (AvgIpc) is 2.97. The summed E-state index contributed by atoms with van der Waals surface area (Å²) in [5, 5.41) is 10.4. The minimum Gasteiger partial charge on any atom is -0.506 e. The second-order valence-electron chi connectivity index (χ2n) is 8.54. The standard InChI is InChI=1S/C29H30O3S/c1-6-13-23(20-22(3)29(4,5)25-17-10-7-14-21(25)2)15-8-11-19-27-28(30)24-16-9-12-18-26(24)33(27,31)32/h6-20,30H,3H2,1-2,4-5H3/b13-6-,15-8+,19-11+,23-20+. The largest absolute Gasteiger partial charge is 0.506 e. The zero-order valence-electron chi connectivity index (χ0n) is 19.5. The van der Waals surface area contributed by atoms with Crippen molar-refractivity contribution in [2.45, 2.75) is 38.0 Å². The maximum absolute atomic E-state index is 12.7. The third-order valence-corrected chi connectivity index (χ3v) is 7.77. The summed E-state index contributed by atoms with van der Waals surface area (Å²) in [5.41, 5.74) is 4.43. The van der Waals surface area contributed by atoms with Crippen LogP contribution in [0.5, 0.6) is 0 Å². The van der Waals surface area contributed by atoms with Crippen molar-refractivity contribution in [2.24, 2.45) is 0 Å². The van der Waals surface area contributed by atoms with Gasteiger partial charge in [0, 0.05) is 11.0 Å². The lowest BCUT2D eigenvalue weighted by atomic mass is 9.76. The zero-order chi connectivity index (χ0) is 24.2. The lowest BCUT2D eigenvalue weighted by molar-refractivity contribution is 0.510. The Balaban J connectivity index is 1.85. The van der Waals surface area contributed by atoms with E-state index < -0.39 is 9.84 Å². The molecule has 3 nitrogen and oxygen atoms in total. The Morgan fingerprint density at radius 3 is 2.33 bits per heavy atom. The highest BCUT2D eigenvalue weighted by Gasteiger charge is 2.33. The topological polar surface area (TPSA) is 54.4 Å². The summed E-state index contributed by atoms with van der Waals surface area (Å²) in [4.78, 5) is 0.0466. The van der Waals surface area contributed by atoms with Crippen LogP contribution in [0.25, 0.3) is 5.76 Å². The highest BCUT2D eigenvalue weighted by atomic mass is 32.2. The molecule has 0 bridgehead atoms. The Labute approximate surface area is 197 Å². The fourth-order valence-corrected chi connectivity index (χ4v) is 5.50. The van der Waals surface area contributed by atoms with E-state index in [2.05, 4.69) is 39.5 Å². The summed E-state index contributed by atoms with van der Waals surface area (Å²) >= 11 is 0. The predicted octanol–water partition coefficient (Wildman–Crippen LogP) is 7.16. The predicted molar refractivity (Wildman–Crippen MR) is 138 cm³/mol. The van der Waals surface area contributed by atoms with Gasteiger partial charge in [0.1, 0.15) is 10.7 Å². The first-order chi connectivity index (χ1) is 15.6. The summed E-state index contributed by atoms with van der Waals surface area (Å²) in [5.74, 6) is -0.215. The Morgan fingerprint density at radius 2 is 1.67 bits per heavy atom. The number of hydrogen-bond acceptors (Lipinski definition) is 3. The van der Waals surface area contributed by atoms with Crippen LogP contribution < -0.4 is 0 Å². The van der Waals surface area contributed by atoms with Crippen molar-refractivity contribution < 1.29 is 13.5 Å². The normalized spacial score (nSPS) is 16.3. The number of rotatable bonds is 7. The van der Waals surface area contributed by atoms with Crippen LogP contribution in [0.1, 0.15) is 37.5 Å². The van der Waals surface area contributed by atoms with Crippen molar-refractivity contribution in [1.82, 2.24) is 0 Å². The Morgan fingerprint density at radius 1 is 1.00 bits per heavy atom. The lowest BCUT2D eigenvalue weighted by Crippen LogP contribution is -2.20. The van der Waals surface area contributed by atoms with Crippen molar-refractivity contribution in [2.75, 3.05) is 0 Å². The Hall–Kier alpha value is -3.37. The first kappa shape index (κ1) is 24.3. The molecule has 0 saturated carbocycles.